The minimum Gasteiger partial charge on any atom is -0.450 e. The number of hydrogen-bond acceptors (Lipinski definition) is 4. The second-order valence-electron chi connectivity index (χ2n) is 7.60. The zero-order valence-corrected chi connectivity index (χ0v) is 16.0. The van der Waals surface area contributed by atoms with Gasteiger partial charge in [-0.3, -0.25) is 4.79 Å². The van der Waals surface area contributed by atoms with E-state index in [-0.39, 0.29) is 5.78 Å². The number of fused-ring (bicyclic) bond motifs is 3. The molecule has 3 aromatic rings. The fourth-order valence-corrected chi connectivity index (χ4v) is 4.50. The molecule has 144 valence electrons. The van der Waals surface area contributed by atoms with Crippen LogP contribution in [0.1, 0.15) is 44.7 Å². The van der Waals surface area contributed by atoms with Crippen LogP contribution in [0.4, 0.5) is 0 Å². The molecule has 1 N–H and O–H groups in total. The summed E-state index contributed by atoms with van der Waals surface area (Å²) >= 11 is 0. The van der Waals surface area contributed by atoms with Gasteiger partial charge in [-0.05, 0) is 35.8 Å². The monoisotopic (exact) mass is 383 g/mol. The number of nitrogens with one attached hydrogen (secondary N) is 1. The Morgan fingerprint density at radius 3 is 2.21 bits per heavy atom. The van der Waals surface area contributed by atoms with Crippen molar-refractivity contribution in [3.05, 3.63) is 95.1 Å². The van der Waals surface area contributed by atoms with Crippen molar-refractivity contribution >= 4 is 11.8 Å². The van der Waals surface area contributed by atoms with E-state index in [1.807, 2.05) is 66.7 Å². The SMILES string of the molecule is O=C(OC1(c2ccccc2)CCNCC1)c1cccc2c1C(=O)c1ccccc1-2. The molecule has 0 amide bonds. The van der Waals surface area contributed by atoms with Gasteiger partial charge in [-0.15, -0.1) is 0 Å². The van der Waals surface area contributed by atoms with Gasteiger partial charge >= 0.3 is 5.97 Å². The van der Waals surface area contributed by atoms with E-state index in [4.69, 9.17) is 4.74 Å². The van der Waals surface area contributed by atoms with Crippen LogP contribution in [0.2, 0.25) is 0 Å². The minimum absolute atomic E-state index is 0.109. The van der Waals surface area contributed by atoms with Crippen LogP contribution in [-0.2, 0) is 10.3 Å². The maximum absolute atomic E-state index is 13.4. The molecule has 0 spiro atoms. The third-order valence-corrected chi connectivity index (χ3v) is 5.97. The van der Waals surface area contributed by atoms with E-state index in [9.17, 15) is 9.59 Å². The summed E-state index contributed by atoms with van der Waals surface area (Å²) in [6, 6.07) is 22.8. The quantitative estimate of drug-likeness (QED) is 0.535. The highest BCUT2D eigenvalue weighted by atomic mass is 16.6. The Kier molecular flexibility index (Phi) is 4.29. The van der Waals surface area contributed by atoms with Gasteiger partial charge in [0.25, 0.3) is 0 Å². The van der Waals surface area contributed by atoms with E-state index < -0.39 is 11.6 Å². The highest BCUT2D eigenvalue weighted by molar-refractivity contribution is 6.25. The summed E-state index contributed by atoms with van der Waals surface area (Å²) in [5.41, 5.74) is 3.44. The van der Waals surface area contributed by atoms with Crippen molar-refractivity contribution in [2.45, 2.75) is 18.4 Å². The number of ketones is 1. The molecule has 4 nitrogen and oxygen atoms in total. The predicted molar refractivity (Wildman–Crippen MR) is 111 cm³/mol. The van der Waals surface area contributed by atoms with Crippen molar-refractivity contribution < 1.29 is 14.3 Å². The van der Waals surface area contributed by atoms with Crippen molar-refractivity contribution in [3.8, 4) is 11.1 Å². The van der Waals surface area contributed by atoms with Gasteiger partial charge in [-0.2, -0.15) is 0 Å². The van der Waals surface area contributed by atoms with Crippen LogP contribution in [0.15, 0.2) is 72.8 Å². The van der Waals surface area contributed by atoms with Gasteiger partial charge in [0.2, 0.25) is 0 Å². The molecule has 1 saturated heterocycles. The van der Waals surface area contributed by atoms with Gasteiger partial charge in [0, 0.05) is 24.0 Å². The molecule has 0 saturated carbocycles. The van der Waals surface area contributed by atoms with Crippen molar-refractivity contribution in [2.75, 3.05) is 13.1 Å². The normalized spacial score (nSPS) is 16.8. The van der Waals surface area contributed by atoms with Crippen molar-refractivity contribution in [1.82, 2.24) is 5.32 Å². The molecule has 29 heavy (non-hydrogen) atoms. The summed E-state index contributed by atoms with van der Waals surface area (Å²) in [7, 11) is 0. The van der Waals surface area contributed by atoms with Crippen molar-refractivity contribution in [1.29, 1.82) is 0 Å². The van der Waals surface area contributed by atoms with E-state index in [0.717, 1.165) is 29.8 Å². The van der Waals surface area contributed by atoms with Crippen LogP contribution in [0.5, 0.6) is 0 Å². The zero-order valence-electron chi connectivity index (χ0n) is 16.0. The minimum atomic E-state index is -0.680. The lowest BCUT2D eigenvalue weighted by Crippen LogP contribution is -2.43. The first-order chi connectivity index (χ1) is 14.2. The molecule has 2 aliphatic rings. The molecule has 5 rings (SSSR count). The predicted octanol–water partition coefficient (Wildman–Crippen LogP) is 4.33. The van der Waals surface area contributed by atoms with E-state index in [1.54, 1.807) is 6.07 Å². The number of esters is 1. The lowest BCUT2D eigenvalue weighted by Gasteiger charge is -2.37. The van der Waals surface area contributed by atoms with Crippen LogP contribution in [-0.4, -0.2) is 24.8 Å². The van der Waals surface area contributed by atoms with E-state index in [2.05, 4.69) is 5.32 Å². The number of carbonyl (C=O) groups excluding carboxylic acids is 2. The lowest BCUT2D eigenvalue weighted by atomic mass is 9.84. The molecular formula is C25H21NO3. The van der Waals surface area contributed by atoms with Gasteiger partial charge in [-0.25, -0.2) is 4.79 Å². The molecule has 0 radical (unpaired) electrons. The third kappa shape index (κ3) is 2.88. The molecule has 1 fully saturated rings. The number of carbonyl (C=O) groups is 2. The molecule has 0 unspecified atom stereocenters. The smallest absolute Gasteiger partial charge is 0.339 e. The summed E-state index contributed by atoms with van der Waals surface area (Å²) in [4.78, 5) is 26.4. The second kappa shape index (κ2) is 6.98. The maximum atomic E-state index is 13.4. The number of hydrogen-bond donors (Lipinski definition) is 1. The highest BCUT2D eigenvalue weighted by Gasteiger charge is 2.39. The lowest BCUT2D eigenvalue weighted by molar-refractivity contribution is -0.0379. The first kappa shape index (κ1) is 17.8. The number of ether oxygens (including phenoxy) is 1. The van der Waals surface area contributed by atoms with E-state index in [1.165, 1.54) is 0 Å². The molecule has 0 bridgehead atoms. The number of rotatable bonds is 3. The fourth-order valence-electron chi connectivity index (χ4n) is 4.50. The van der Waals surface area contributed by atoms with Crippen LogP contribution in [0.3, 0.4) is 0 Å². The molecule has 1 aliphatic heterocycles. The van der Waals surface area contributed by atoms with Gasteiger partial charge in [0.15, 0.2) is 5.78 Å². The summed E-state index contributed by atoms with van der Waals surface area (Å²) < 4.78 is 6.19. The Labute approximate surface area is 169 Å². The van der Waals surface area contributed by atoms with Crippen LogP contribution in [0.25, 0.3) is 11.1 Å². The Balaban J connectivity index is 1.55. The van der Waals surface area contributed by atoms with Crippen LogP contribution >= 0.6 is 0 Å². The summed E-state index contributed by atoms with van der Waals surface area (Å²) in [5, 5.41) is 3.34. The highest BCUT2D eigenvalue weighted by Crippen LogP contribution is 2.40. The molecule has 3 aromatic carbocycles. The van der Waals surface area contributed by atoms with Gasteiger partial charge in [0.1, 0.15) is 5.60 Å². The first-order valence-electron chi connectivity index (χ1n) is 9.96. The molecule has 0 aromatic heterocycles. The van der Waals surface area contributed by atoms with Crippen LogP contribution in [0, 0.1) is 0 Å². The summed E-state index contributed by atoms with van der Waals surface area (Å²) in [5.74, 6) is -0.545. The van der Waals surface area contributed by atoms with Crippen molar-refractivity contribution in [2.24, 2.45) is 0 Å². The van der Waals surface area contributed by atoms with Crippen LogP contribution < -0.4 is 5.32 Å². The summed E-state index contributed by atoms with van der Waals surface area (Å²) in [6.45, 7) is 1.55. The Bertz CT molecular complexity index is 1100. The fraction of sp³-hybridized carbons (Fsp3) is 0.200. The maximum Gasteiger partial charge on any atom is 0.339 e. The molecule has 1 heterocycles. The first-order valence-corrected chi connectivity index (χ1v) is 9.96. The number of benzene rings is 3. The molecular weight excluding hydrogens is 362 g/mol. The van der Waals surface area contributed by atoms with E-state index >= 15 is 0 Å². The second-order valence-corrected chi connectivity index (χ2v) is 7.60. The largest absolute Gasteiger partial charge is 0.450 e. The Hall–Kier alpha value is -3.24. The van der Waals surface area contributed by atoms with E-state index in [0.29, 0.717) is 29.5 Å². The van der Waals surface area contributed by atoms with Gasteiger partial charge in [-0.1, -0.05) is 66.7 Å². The zero-order chi connectivity index (χ0) is 19.8. The van der Waals surface area contributed by atoms with Gasteiger partial charge in [0.05, 0.1) is 5.56 Å². The summed E-state index contributed by atoms with van der Waals surface area (Å²) in [6.07, 6.45) is 1.40. The van der Waals surface area contributed by atoms with Crippen molar-refractivity contribution in [3.63, 3.8) is 0 Å². The van der Waals surface area contributed by atoms with Gasteiger partial charge < -0.3 is 10.1 Å². The molecule has 0 atom stereocenters. The Morgan fingerprint density at radius 1 is 0.793 bits per heavy atom. The average Bonchev–Trinajstić information content (AvgIpc) is 3.08. The number of piperidine rings is 1. The molecule has 1 aliphatic carbocycles. The average molecular weight is 383 g/mol. The molecule has 4 heteroatoms. The standard InChI is InChI=1S/C25H21NO3/c27-23-20-10-5-4-9-18(20)19-11-6-12-21(22(19)23)24(28)29-25(13-15-26-16-14-25)17-7-2-1-3-8-17/h1-12,26H,13-16H2. The topological polar surface area (TPSA) is 55.4 Å². The third-order valence-electron chi connectivity index (χ3n) is 5.97. The Morgan fingerprint density at radius 2 is 1.45 bits per heavy atom.